The Hall–Kier alpha value is -2.78. The second-order valence-corrected chi connectivity index (χ2v) is 7.06. The molecule has 3 aromatic rings. The van der Waals surface area contributed by atoms with Crippen molar-refractivity contribution in [2.24, 2.45) is 0 Å². The molecule has 0 radical (unpaired) electrons. The van der Waals surface area contributed by atoms with Crippen molar-refractivity contribution in [2.75, 3.05) is 6.61 Å². The summed E-state index contributed by atoms with van der Waals surface area (Å²) in [6, 6.07) is 27.4. The number of hydrogen-bond acceptors (Lipinski definition) is 2. The Balaban J connectivity index is 1.55. The number of amides is 1. The molecule has 0 atom stereocenters. The van der Waals surface area contributed by atoms with Gasteiger partial charge in [0.25, 0.3) is 0 Å². The summed E-state index contributed by atoms with van der Waals surface area (Å²) in [6.45, 7) is 1.71. The van der Waals surface area contributed by atoms with Gasteiger partial charge < -0.3 is 9.64 Å². The van der Waals surface area contributed by atoms with Gasteiger partial charge in [-0.1, -0.05) is 72.3 Å². The maximum atomic E-state index is 12.9. The molecule has 3 aromatic carbocycles. The Morgan fingerprint density at radius 2 is 1.32 bits per heavy atom. The highest BCUT2D eigenvalue weighted by Gasteiger charge is 2.14. The summed E-state index contributed by atoms with van der Waals surface area (Å²) in [5.74, 6) is 0.898. The van der Waals surface area contributed by atoms with Gasteiger partial charge in [0.1, 0.15) is 5.75 Å². The van der Waals surface area contributed by atoms with Gasteiger partial charge in [-0.3, -0.25) is 4.79 Å². The van der Waals surface area contributed by atoms with E-state index < -0.39 is 0 Å². The molecule has 1 amide bonds. The van der Waals surface area contributed by atoms with Gasteiger partial charge in [0.15, 0.2) is 0 Å². The Labute approximate surface area is 171 Å². The summed E-state index contributed by atoms with van der Waals surface area (Å²) < 4.78 is 5.70. The number of hydrogen-bond donors (Lipinski definition) is 0. The topological polar surface area (TPSA) is 29.5 Å². The second kappa shape index (κ2) is 10.5. The van der Waals surface area contributed by atoms with E-state index in [0.717, 1.165) is 16.9 Å². The summed E-state index contributed by atoms with van der Waals surface area (Å²) in [5.41, 5.74) is 2.26. The molecule has 0 bridgehead atoms. The average molecular weight is 394 g/mol. The van der Waals surface area contributed by atoms with Crippen LogP contribution in [-0.4, -0.2) is 17.4 Å². The van der Waals surface area contributed by atoms with Gasteiger partial charge in [-0.2, -0.15) is 0 Å². The highest BCUT2D eigenvalue weighted by molar-refractivity contribution is 6.30. The van der Waals surface area contributed by atoms with E-state index in [4.69, 9.17) is 16.3 Å². The molecule has 0 fully saturated rings. The standard InChI is InChI=1S/C24H24ClNO2/c25-22-13-15-23(16-14-22)28-17-7-12-24(27)26(18-20-8-3-1-4-9-20)19-21-10-5-2-6-11-21/h1-6,8-11,13-16H,7,12,17-19H2. The number of ether oxygens (including phenoxy) is 1. The normalized spacial score (nSPS) is 10.5. The van der Waals surface area contributed by atoms with E-state index in [2.05, 4.69) is 24.3 Å². The third-order valence-corrected chi connectivity index (χ3v) is 4.65. The van der Waals surface area contributed by atoms with Crippen LogP contribution >= 0.6 is 11.6 Å². The molecule has 0 saturated heterocycles. The van der Waals surface area contributed by atoms with E-state index in [-0.39, 0.29) is 5.91 Å². The molecule has 4 heteroatoms. The molecule has 0 aliphatic heterocycles. The van der Waals surface area contributed by atoms with E-state index >= 15 is 0 Å². The van der Waals surface area contributed by atoms with E-state index in [1.165, 1.54) is 0 Å². The molecule has 3 nitrogen and oxygen atoms in total. The maximum absolute atomic E-state index is 12.9. The molecule has 0 aliphatic carbocycles. The first-order valence-electron chi connectivity index (χ1n) is 9.45. The number of nitrogens with zero attached hydrogens (tertiary/aromatic N) is 1. The Morgan fingerprint density at radius 3 is 1.86 bits per heavy atom. The summed E-state index contributed by atoms with van der Waals surface area (Å²) in [5, 5.41) is 0.681. The molecule has 0 saturated carbocycles. The molecule has 0 unspecified atom stereocenters. The van der Waals surface area contributed by atoms with Gasteiger partial charge in [0.05, 0.1) is 6.61 Å². The van der Waals surface area contributed by atoms with E-state index in [1.807, 2.05) is 53.4 Å². The molecule has 0 spiro atoms. The SMILES string of the molecule is O=C(CCCOc1ccc(Cl)cc1)N(Cc1ccccc1)Cc1ccccc1. The zero-order valence-corrected chi connectivity index (χ0v) is 16.5. The predicted molar refractivity (Wildman–Crippen MR) is 113 cm³/mol. The van der Waals surface area contributed by atoms with Crippen molar-refractivity contribution < 1.29 is 9.53 Å². The van der Waals surface area contributed by atoms with Crippen molar-refractivity contribution in [3.8, 4) is 5.75 Å². The predicted octanol–water partition coefficient (Wildman–Crippen LogP) is 5.73. The van der Waals surface area contributed by atoms with Crippen LogP contribution in [0.2, 0.25) is 5.02 Å². The first-order chi connectivity index (χ1) is 13.7. The Morgan fingerprint density at radius 1 is 0.786 bits per heavy atom. The van der Waals surface area contributed by atoms with Crippen LogP contribution in [0.3, 0.4) is 0 Å². The highest BCUT2D eigenvalue weighted by Crippen LogP contribution is 2.16. The largest absolute Gasteiger partial charge is 0.494 e. The van der Waals surface area contributed by atoms with E-state index in [1.54, 1.807) is 12.1 Å². The lowest BCUT2D eigenvalue weighted by atomic mass is 10.1. The van der Waals surface area contributed by atoms with Gasteiger partial charge in [-0.25, -0.2) is 0 Å². The lowest BCUT2D eigenvalue weighted by Gasteiger charge is -2.23. The van der Waals surface area contributed by atoms with Crippen molar-refractivity contribution in [1.82, 2.24) is 4.90 Å². The lowest BCUT2D eigenvalue weighted by Crippen LogP contribution is -2.30. The molecule has 28 heavy (non-hydrogen) atoms. The molecule has 0 heterocycles. The molecular weight excluding hydrogens is 370 g/mol. The van der Waals surface area contributed by atoms with Crippen LogP contribution in [0.1, 0.15) is 24.0 Å². The van der Waals surface area contributed by atoms with Gasteiger partial charge in [-0.05, 0) is 41.8 Å². The quantitative estimate of drug-likeness (QED) is 0.434. The maximum Gasteiger partial charge on any atom is 0.223 e. The first-order valence-corrected chi connectivity index (χ1v) is 9.82. The third kappa shape index (κ3) is 6.43. The Kier molecular flexibility index (Phi) is 7.51. The van der Waals surface area contributed by atoms with Crippen LogP contribution in [0, 0.1) is 0 Å². The Bertz CT molecular complexity index is 809. The zero-order chi connectivity index (χ0) is 19.6. The lowest BCUT2D eigenvalue weighted by molar-refractivity contribution is -0.132. The minimum Gasteiger partial charge on any atom is -0.494 e. The highest BCUT2D eigenvalue weighted by atomic mass is 35.5. The smallest absolute Gasteiger partial charge is 0.223 e. The zero-order valence-electron chi connectivity index (χ0n) is 15.8. The summed E-state index contributed by atoms with van der Waals surface area (Å²) in [4.78, 5) is 14.8. The van der Waals surface area contributed by atoms with E-state index in [9.17, 15) is 4.79 Å². The molecular formula is C24H24ClNO2. The number of carbonyl (C=O) groups is 1. The molecule has 144 valence electrons. The minimum atomic E-state index is 0.132. The van der Waals surface area contributed by atoms with Crippen molar-refractivity contribution in [1.29, 1.82) is 0 Å². The summed E-state index contributed by atoms with van der Waals surface area (Å²) in [7, 11) is 0. The van der Waals surface area contributed by atoms with Crippen LogP contribution in [-0.2, 0) is 17.9 Å². The van der Waals surface area contributed by atoms with E-state index in [0.29, 0.717) is 37.6 Å². The third-order valence-electron chi connectivity index (χ3n) is 4.40. The number of halogens is 1. The molecule has 0 N–H and O–H groups in total. The van der Waals surface area contributed by atoms with Crippen molar-refractivity contribution in [3.63, 3.8) is 0 Å². The molecule has 0 aliphatic rings. The minimum absolute atomic E-state index is 0.132. The van der Waals surface area contributed by atoms with Crippen LogP contribution in [0.25, 0.3) is 0 Å². The fourth-order valence-electron chi connectivity index (χ4n) is 2.94. The second-order valence-electron chi connectivity index (χ2n) is 6.63. The van der Waals surface area contributed by atoms with Crippen molar-refractivity contribution in [3.05, 3.63) is 101 Å². The van der Waals surface area contributed by atoms with Gasteiger partial charge in [-0.15, -0.1) is 0 Å². The fraction of sp³-hybridized carbons (Fsp3) is 0.208. The summed E-state index contributed by atoms with van der Waals surface area (Å²) in [6.07, 6.45) is 1.12. The van der Waals surface area contributed by atoms with Crippen LogP contribution < -0.4 is 4.74 Å². The monoisotopic (exact) mass is 393 g/mol. The number of carbonyl (C=O) groups excluding carboxylic acids is 1. The van der Waals surface area contributed by atoms with Crippen LogP contribution in [0.4, 0.5) is 0 Å². The summed E-state index contributed by atoms with van der Waals surface area (Å²) >= 11 is 5.88. The fourth-order valence-corrected chi connectivity index (χ4v) is 3.07. The van der Waals surface area contributed by atoms with Gasteiger partial charge in [0, 0.05) is 24.5 Å². The number of rotatable bonds is 9. The first kappa shape index (κ1) is 20.0. The van der Waals surface area contributed by atoms with Gasteiger partial charge >= 0.3 is 0 Å². The average Bonchev–Trinajstić information content (AvgIpc) is 2.73. The van der Waals surface area contributed by atoms with Crippen LogP contribution in [0.5, 0.6) is 5.75 Å². The van der Waals surface area contributed by atoms with Crippen molar-refractivity contribution >= 4 is 17.5 Å². The molecule has 0 aromatic heterocycles. The van der Waals surface area contributed by atoms with Gasteiger partial charge in [0.2, 0.25) is 5.91 Å². The van der Waals surface area contributed by atoms with Crippen molar-refractivity contribution in [2.45, 2.75) is 25.9 Å². The number of benzene rings is 3. The molecule has 3 rings (SSSR count). The van der Waals surface area contributed by atoms with Crippen LogP contribution in [0.15, 0.2) is 84.9 Å².